The zero-order valence-corrected chi connectivity index (χ0v) is 13.2. The van der Waals surface area contributed by atoms with Crippen molar-refractivity contribution in [3.8, 4) is 11.4 Å². The number of hydrogen-bond donors (Lipinski definition) is 2. The molecule has 0 fully saturated rings. The maximum absolute atomic E-state index is 11.6. The van der Waals surface area contributed by atoms with Gasteiger partial charge in [0.15, 0.2) is 5.82 Å². The summed E-state index contributed by atoms with van der Waals surface area (Å²) in [6, 6.07) is 14.0. The van der Waals surface area contributed by atoms with Crippen molar-refractivity contribution in [2.24, 2.45) is 0 Å². The molecule has 0 aliphatic heterocycles. The Morgan fingerprint density at radius 1 is 1.08 bits per heavy atom. The number of aromatic amines is 1. The van der Waals surface area contributed by atoms with Gasteiger partial charge in [-0.25, -0.2) is 14.6 Å². The minimum Gasteiger partial charge on any atom is -0.368 e. The van der Waals surface area contributed by atoms with E-state index in [2.05, 4.69) is 20.4 Å². The van der Waals surface area contributed by atoms with Gasteiger partial charge in [-0.15, -0.1) is 0 Å². The molecule has 24 heavy (non-hydrogen) atoms. The first kappa shape index (κ1) is 15.7. The average Bonchev–Trinajstić information content (AvgIpc) is 2.58. The molecule has 2 aromatic heterocycles. The van der Waals surface area contributed by atoms with Crippen LogP contribution >= 0.6 is 0 Å². The van der Waals surface area contributed by atoms with E-state index in [1.807, 2.05) is 43.3 Å². The number of H-pyrrole nitrogens is 1. The molecule has 3 rings (SSSR count). The predicted octanol–water partition coefficient (Wildman–Crippen LogP) is 1.41. The molecule has 0 aliphatic rings. The Balaban J connectivity index is 1.74. The Labute approximate surface area is 138 Å². The van der Waals surface area contributed by atoms with Gasteiger partial charge in [0.2, 0.25) is 0 Å². The quantitative estimate of drug-likeness (QED) is 0.740. The molecule has 0 bridgehead atoms. The van der Waals surface area contributed by atoms with Crippen LogP contribution in [0.4, 0.5) is 5.82 Å². The second-order valence-corrected chi connectivity index (χ2v) is 5.31. The van der Waals surface area contributed by atoms with Crippen molar-refractivity contribution in [3.63, 3.8) is 0 Å². The normalized spacial score (nSPS) is 10.5. The van der Waals surface area contributed by atoms with Crippen LogP contribution in [0.15, 0.2) is 58.1 Å². The average molecular weight is 323 g/mol. The van der Waals surface area contributed by atoms with Crippen LogP contribution < -0.4 is 16.4 Å². The number of nitrogens with zero attached hydrogens (tertiary/aromatic N) is 3. The number of aromatic nitrogens is 4. The first-order valence-electron chi connectivity index (χ1n) is 7.57. The lowest BCUT2D eigenvalue weighted by molar-refractivity contribution is 0.588. The lowest BCUT2D eigenvalue weighted by Gasteiger charge is -2.09. The molecule has 7 heteroatoms. The molecule has 3 aromatic rings. The number of aryl methyl sites for hydroxylation is 1. The summed E-state index contributed by atoms with van der Waals surface area (Å²) >= 11 is 0. The van der Waals surface area contributed by atoms with Crippen LogP contribution in [-0.4, -0.2) is 26.3 Å². The first-order valence-corrected chi connectivity index (χ1v) is 7.57. The minimum atomic E-state index is -0.307. The number of benzene rings is 1. The fourth-order valence-corrected chi connectivity index (χ4v) is 2.30. The van der Waals surface area contributed by atoms with Crippen molar-refractivity contribution in [3.05, 3.63) is 74.9 Å². The summed E-state index contributed by atoms with van der Waals surface area (Å²) in [5.41, 5.74) is 1.23. The van der Waals surface area contributed by atoms with Crippen LogP contribution in [0.1, 0.15) is 5.69 Å². The molecule has 0 spiro atoms. The van der Waals surface area contributed by atoms with Crippen molar-refractivity contribution in [2.45, 2.75) is 13.5 Å². The van der Waals surface area contributed by atoms with E-state index in [0.29, 0.717) is 24.7 Å². The SMILES string of the molecule is Cc1cc(NCCn2[nH]c(=O)ccc2=O)nc(-c2ccccc2)n1. The van der Waals surface area contributed by atoms with Gasteiger partial charge in [-0.2, -0.15) is 0 Å². The Morgan fingerprint density at radius 3 is 2.67 bits per heavy atom. The van der Waals surface area contributed by atoms with Gasteiger partial charge in [0, 0.05) is 36.0 Å². The van der Waals surface area contributed by atoms with Crippen molar-refractivity contribution in [1.29, 1.82) is 0 Å². The van der Waals surface area contributed by atoms with E-state index in [0.717, 1.165) is 11.3 Å². The standard InChI is InChI=1S/C17H17N5O2/c1-12-11-14(20-17(19-12)13-5-3-2-4-6-13)18-9-10-22-16(24)8-7-15(23)21-22/h2-8,11H,9-10H2,1H3,(H,21,23)(H,18,19,20). The Hall–Kier alpha value is -3.22. The van der Waals surface area contributed by atoms with E-state index in [4.69, 9.17) is 0 Å². The fourth-order valence-electron chi connectivity index (χ4n) is 2.30. The summed E-state index contributed by atoms with van der Waals surface area (Å²) < 4.78 is 1.27. The molecule has 0 atom stereocenters. The van der Waals surface area contributed by atoms with E-state index in [1.54, 1.807) is 0 Å². The largest absolute Gasteiger partial charge is 0.368 e. The summed E-state index contributed by atoms with van der Waals surface area (Å²) in [6.07, 6.45) is 0. The Bertz CT molecular complexity index is 947. The molecular weight excluding hydrogens is 306 g/mol. The molecule has 0 saturated heterocycles. The molecule has 0 aliphatic carbocycles. The summed E-state index contributed by atoms with van der Waals surface area (Å²) in [6.45, 7) is 2.68. The van der Waals surface area contributed by atoms with Gasteiger partial charge in [-0.3, -0.25) is 14.7 Å². The molecule has 7 nitrogen and oxygen atoms in total. The third-order valence-electron chi connectivity index (χ3n) is 3.42. The first-order chi connectivity index (χ1) is 11.6. The molecule has 2 heterocycles. The van der Waals surface area contributed by atoms with E-state index < -0.39 is 0 Å². The topological polar surface area (TPSA) is 92.7 Å². The zero-order chi connectivity index (χ0) is 16.9. The highest BCUT2D eigenvalue weighted by Gasteiger charge is 2.05. The van der Waals surface area contributed by atoms with Crippen LogP contribution in [0.5, 0.6) is 0 Å². The maximum Gasteiger partial charge on any atom is 0.265 e. The van der Waals surface area contributed by atoms with Gasteiger partial charge in [0.1, 0.15) is 5.82 Å². The van der Waals surface area contributed by atoms with Gasteiger partial charge < -0.3 is 5.32 Å². The van der Waals surface area contributed by atoms with Crippen LogP contribution in [0.3, 0.4) is 0 Å². The minimum absolute atomic E-state index is 0.250. The summed E-state index contributed by atoms with van der Waals surface area (Å²) in [5.74, 6) is 1.32. The summed E-state index contributed by atoms with van der Waals surface area (Å²) in [5, 5.41) is 5.64. The lowest BCUT2D eigenvalue weighted by Crippen LogP contribution is -2.30. The van der Waals surface area contributed by atoms with Gasteiger partial charge in [-0.1, -0.05) is 30.3 Å². The summed E-state index contributed by atoms with van der Waals surface area (Å²) in [4.78, 5) is 31.8. The lowest BCUT2D eigenvalue weighted by atomic mass is 10.2. The van der Waals surface area contributed by atoms with Crippen LogP contribution in [0, 0.1) is 6.92 Å². The monoisotopic (exact) mass is 323 g/mol. The van der Waals surface area contributed by atoms with Crippen molar-refractivity contribution >= 4 is 5.82 Å². The second-order valence-electron chi connectivity index (χ2n) is 5.31. The third kappa shape index (κ3) is 3.75. The van der Waals surface area contributed by atoms with E-state index in [-0.39, 0.29) is 11.1 Å². The number of hydrogen-bond acceptors (Lipinski definition) is 5. The molecule has 0 radical (unpaired) electrons. The van der Waals surface area contributed by atoms with Crippen molar-refractivity contribution < 1.29 is 0 Å². The number of rotatable bonds is 5. The molecular formula is C17H17N5O2. The molecule has 1 aromatic carbocycles. The van der Waals surface area contributed by atoms with E-state index in [1.165, 1.54) is 16.8 Å². The highest BCUT2D eigenvalue weighted by molar-refractivity contribution is 5.57. The van der Waals surface area contributed by atoms with Gasteiger partial charge in [0.05, 0.1) is 6.54 Å². The molecule has 0 unspecified atom stereocenters. The van der Waals surface area contributed by atoms with Crippen molar-refractivity contribution in [2.75, 3.05) is 11.9 Å². The molecule has 0 saturated carbocycles. The van der Waals surface area contributed by atoms with E-state index in [9.17, 15) is 9.59 Å². The second kappa shape index (κ2) is 6.91. The highest BCUT2D eigenvalue weighted by atomic mass is 16.1. The third-order valence-corrected chi connectivity index (χ3v) is 3.42. The van der Waals surface area contributed by atoms with E-state index >= 15 is 0 Å². The maximum atomic E-state index is 11.6. The molecule has 2 N–H and O–H groups in total. The Morgan fingerprint density at radius 2 is 1.88 bits per heavy atom. The van der Waals surface area contributed by atoms with Gasteiger partial charge >= 0.3 is 0 Å². The predicted molar refractivity (Wildman–Crippen MR) is 92.0 cm³/mol. The molecule has 0 amide bonds. The highest BCUT2D eigenvalue weighted by Crippen LogP contribution is 2.17. The zero-order valence-electron chi connectivity index (χ0n) is 13.2. The smallest absolute Gasteiger partial charge is 0.265 e. The molecule has 122 valence electrons. The van der Waals surface area contributed by atoms with Crippen LogP contribution in [0.2, 0.25) is 0 Å². The van der Waals surface area contributed by atoms with Crippen LogP contribution in [0.25, 0.3) is 11.4 Å². The fraction of sp³-hybridized carbons (Fsp3) is 0.176. The van der Waals surface area contributed by atoms with Crippen molar-refractivity contribution in [1.82, 2.24) is 19.7 Å². The van der Waals surface area contributed by atoms with Crippen LogP contribution in [-0.2, 0) is 6.54 Å². The number of nitrogens with one attached hydrogen (secondary N) is 2. The van der Waals surface area contributed by atoms with Gasteiger partial charge in [-0.05, 0) is 6.92 Å². The van der Waals surface area contributed by atoms with Gasteiger partial charge in [0.25, 0.3) is 11.1 Å². The Kier molecular flexibility index (Phi) is 4.51. The number of anilines is 1. The summed E-state index contributed by atoms with van der Waals surface area (Å²) in [7, 11) is 0.